The number of carbonyl (C=O) groups is 1. The molecule has 0 spiro atoms. The van der Waals surface area contributed by atoms with Gasteiger partial charge in [-0.2, -0.15) is 0 Å². The van der Waals surface area contributed by atoms with E-state index in [9.17, 15) is 4.79 Å². The number of hydrogen-bond donors (Lipinski definition) is 0. The molecule has 2 rings (SSSR count). The summed E-state index contributed by atoms with van der Waals surface area (Å²) in [5.74, 6) is 1.11. The van der Waals surface area contributed by atoms with Crippen molar-refractivity contribution in [1.82, 2.24) is 0 Å². The molecule has 23 heavy (non-hydrogen) atoms. The first-order valence-electron chi connectivity index (χ1n) is 7.66. The average molecular weight is 324 g/mol. The number of ether oxygens (including phenoxy) is 5. The highest BCUT2D eigenvalue weighted by Crippen LogP contribution is 2.44. The fourth-order valence-electron chi connectivity index (χ4n) is 3.05. The molecule has 0 unspecified atom stereocenters. The zero-order chi connectivity index (χ0) is 16.7. The molecule has 1 aliphatic carbocycles. The summed E-state index contributed by atoms with van der Waals surface area (Å²) in [5, 5.41) is 0. The van der Waals surface area contributed by atoms with Gasteiger partial charge in [-0.25, -0.2) is 0 Å². The highest BCUT2D eigenvalue weighted by atomic mass is 16.7. The predicted molar refractivity (Wildman–Crippen MR) is 83.5 cm³/mol. The van der Waals surface area contributed by atoms with E-state index in [1.807, 2.05) is 12.1 Å². The van der Waals surface area contributed by atoms with E-state index in [1.165, 1.54) is 7.11 Å². The molecule has 128 valence electrons. The Morgan fingerprint density at radius 3 is 2.52 bits per heavy atom. The number of benzene rings is 1. The zero-order valence-corrected chi connectivity index (χ0v) is 13.9. The molecule has 1 aromatic rings. The normalized spacial score (nSPS) is 20.3. The van der Waals surface area contributed by atoms with E-state index < -0.39 is 0 Å². The van der Waals surface area contributed by atoms with E-state index in [2.05, 4.69) is 0 Å². The first-order valence-corrected chi connectivity index (χ1v) is 7.66. The van der Waals surface area contributed by atoms with Gasteiger partial charge in [0.2, 0.25) is 0 Å². The van der Waals surface area contributed by atoms with Crippen molar-refractivity contribution in [3.8, 4) is 11.5 Å². The van der Waals surface area contributed by atoms with Gasteiger partial charge in [-0.05, 0) is 24.5 Å². The SMILES string of the molecule is COCOc1ccc([C@@H]2CCC[C@@H]2C(=O)OC)c(OCOC)c1. The van der Waals surface area contributed by atoms with Crippen LogP contribution in [-0.4, -0.2) is 40.9 Å². The zero-order valence-electron chi connectivity index (χ0n) is 13.9. The van der Waals surface area contributed by atoms with E-state index in [0.717, 1.165) is 24.8 Å². The van der Waals surface area contributed by atoms with Crippen LogP contribution in [0.2, 0.25) is 0 Å². The third-order valence-corrected chi connectivity index (χ3v) is 4.08. The van der Waals surface area contributed by atoms with Crippen LogP contribution in [-0.2, 0) is 19.0 Å². The topological polar surface area (TPSA) is 63.2 Å². The molecular weight excluding hydrogens is 300 g/mol. The Morgan fingerprint density at radius 2 is 1.83 bits per heavy atom. The van der Waals surface area contributed by atoms with Crippen LogP contribution in [0.15, 0.2) is 18.2 Å². The minimum atomic E-state index is -0.162. The fraction of sp³-hybridized carbons (Fsp3) is 0.588. The largest absolute Gasteiger partial charge is 0.469 e. The molecule has 6 heteroatoms. The maximum Gasteiger partial charge on any atom is 0.309 e. The van der Waals surface area contributed by atoms with Crippen molar-refractivity contribution in [3.05, 3.63) is 23.8 Å². The Balaban J connectivity index is 2.26. The smallest absolute Gasteiger partial charge is 0.309 e. The van der Waals surface area contributed by atoms with Crippen LogP contribution in [0, 0.1) is 5.92 Å². The lowest BCUT2D eigenvalue weighted by atomic mass is 9.88. The summed E-state index contributed by atoms with van der Waals surface area (Å²) >= 11 is 0. The molecule has 0 aliphatic heterocycles. The van der Waals surface area contributed by atoms with Crippen LogP contribution in [0.3, 0.4) is 0 Å². The van der Waals surface area contributed by atoms with Crippen molar-refractivity contribution in [2.75, 3.05) is 34.9 Å². The van der Waals surface area contributed by atoms with Crippen molar-refractivity contribution in [2.24, 2.45) is 5.92 Å². The summed E-state index contributed by atoms with van der Waals surface area (Å²) in [7, 11) is 4.57. The Labute approximate surface area is 136 Å². The molecule has 1 aromatic carbocycles. The first kappa shape index (κ1) is 17.6. The molecule has 0 heterocycles. The van der Waals surface area contributed by atoms with Gasteiger partial charge >= 0.3 is 5.97 Å². The monoisotopic (exact) mass is 324 g/mol. The van der Waals surface area contributed by atoms with Gasteiger partial charge in [-0.3, -0.25) is 4.79 Å². The number of rotatable bonds is 8. The maximum absolute atomic E-state index is 12.0. The van der Waals surface area contributed by atoms with Crippen LogP contribution >= 0.6 is 0 Å². The molecule has 6 nitrogen and oxygen atoms in total. The maximum atomic E-state index is 12.0. The first-order chi connectivity index (χ1) is 11.2. The van der Waals surface area contributed by atoms with Gasteiger partial charge in [-0.15, -0.1) is 0 Å². The lowest BCUT2D eigenvalue weighted by Crippen LogP contribution is -2.19. The van der Waals surface area contributed by atoms with Crippen LogP contribution < -0.4 is 9.47 Å². The highest BCUT2D eigenvalue weighted by molar-refractivity contribution is 5.74. The number of hydrogen-bond acceptors (Lipinski definition) is 6. The highest BCUT2D eigenvalue weighted by Gasteiger charge is 2.36. The summed E-state index contributed by atoms with van der Waals surface area (Å²) in [6.07, 6.45) is 2.76. The van der Waals surface area contributed by atoms with Crippen molar-refractivity contribution in [2.45, 2.75) is 25.2 Å². The molecule has 1 saturated carbocycles. The lowest BCUT2D eigenvalue weighted by Gasteiger charge is -2.21. The Hall–Kier alpha value is -1.79. The summed E-state index contributed by atoms with van der Waals surface area (Å²) in [5.41, 5.74) is 0.986. The molecule has 0 amide bonds. The molecule has 0 aromatic heterocycles. The molecule has 2 atom stereocenters. The summed E-state index contributed by atoms with van der Waals surface area (Å²) < 4.78 is 26.0. The number of methoxy groups -OCH3 is 3. The van der Waals surface area contributed by atoms with Crippen LogP contribution in [0.1, 0.15) is 30.7 Å². The van der Waals surface area contributed by atoms with Gasteiger partial charge in [0.25, 0.3) is 0 Å². The molecule has 0 N–H and O–H groups in total. The van der Waals surface area contributed by atoms with Gasteiger partial charge in [0.05, 0.1) is 13.0 Å². The summed E-state index contributed by atoms with van der Waals surface area (Å²) in [4.78, 5) is 12.0. The van der Waals surface area contributed by atoms with E-state index in [4.69, 9.17) is 23.7 Å². The van der Waals surface area contributed by atoms with Gasteiger partial charge in [0.15, 0.2) is 13.6 Å². The summed E-state index contributed by atoms with van der Waals surface area (Å²) in [6.45, 7) is 0.299. The van der Waals surface area contributed by atoms with Gasteiger partial charge < -0.3 is 23.7 Å². The molecule has 1 aliphatic rings. The van der Waals surface area contributed by atoms with E-state index in [-0.39, 0.29) is 31.4 Å². The standard InChI is InChI=1S/C17H24O6/c1-19-10-22-12-7-8-14(16(9-12)23-11-20-2)13-5-4-6-15(13)17(18)21-3/h7-9,13,15H,4-6,10-11H2,1-3H3/t13-,15-/m0/s1. The van der Waals surface area contributed by atoms with Crippen LogP contribution in [0.4, 0.5) is 0 Å². The average Bonchev–Trinajstić information content (AvgIpc) is 3.06. The third kappa shape index (κ3) is 4.36. The molecule has 0 bridgehead atoms. The quantitative estimate of drug-likeness (QED) is 0.541. The lowest BCUT2D eigenvalue weighted by molar-refractivity contribution is -0.145. The van der Waals surface area contributed by atoms with E-state index >= 15 is 0 Å². The van der Waals surface area contributed by atoms with Gasteiger partial charge in [0.1, 0.15) is 11.5 Å². The molecule has 0 radical (unpaired) electrons. The Kier molecular flexibility index (Phi) is 6.67. The van der Waals surface area contributed by atoms with Crippen molar-refractivity contribution >= 4 is 5.97 Å². The Morgan fingerprint density at radius 1 is 1.09 bits per heavy atom. The second kappa shape index (κ2) is 8.74. The molecule has 1 fully saturated rings. The predicted octanol–water partition coefficient (Wildman–Crippen LogP) is 2.71. The van der Waals surface area contributed by atoms with Gasteiger partial charge in [-0.1, -0.05) is 12.5 Å². The van der Waals surface area contributed by atoms with Crippen molar-refractivity contribution in [3.63, 3.8) is 0 Å². The Bertz CT molecular complexity index is 516. The fourth-order valence-corrected chi connectivity index (χ4v) is 3.05. The number of carbonyl (C=O) groups excluding carboxylic acids is 1. The minimum absolute atomic E-state index is 0.0887. The third-order valence-electron chi connectivity index (χ3n) is 4.08. The van der Waals surface area contributed by atoms with Gasteiger partial charge in [0, 0.05) is 26.2 Å². The second-order valence-corrected chi connectivity index (χ2v) is 5.47. The van der Waals surface area contributed by atoms with Crippen LogP contribution in [0.25, 0.3) is 0 Å². The van der Waals surface area contributed by atoms with Crippen molar-refractivity contribution < 1.29 is 28.5 Å². The van der Waals surface area contributed by atoms with E-state index in [1.54, 1.807) is 20.3 Å². The number of esters is 1. The molecule has 0 saturated heterocycles. The summed E-state index contributed by atoms with van der Waals surface area (Å²) in [6, 6.07) is 5.61. The van der Waals surface area contributed by atoms with E-state index in [0.29, 0.717) is 11.5 Å². The minimum Gasteiger partial charge on any atom is -0.469 e. The van der Waals surface area contributed by atoms with Crippen LogP contribution in [0.5, 0.6) is 11.5 Å². The second-order valence-electron chi connectivity index (χ2n) is 5.47. The molecular formula is C17H24O6. The van der Waals surface area contributed by atoms with Crippen molar-refractivity contribution in [1.29, 1.82) is 0 Å².